The van der Waals surface area contributed by atoms with E-state index >= 15 is 0 Å². The number of nitrogens with one attached hydrogen (secondary N) is 2. The molecule has 0 atom stereocenters. The molecule has 4 aromatic rings. The Bertz CT molecular complexity index is 1630. The van der Waals surface area contributed by atoms with E-state index in [2.05, 4.69) is 20.5 Å². The summed E-state index contributed by atoms with van der Waals surface area (Å²) in [6.45, 7) is 3.93. The fourth-order valence-electron chi connectivity index (χ4n) is 5.24. The van der Waals surface area contributed by atoms with Crippen LogP contribution < -0.4 is 16.2 Å². The second-order valence-electron chi connectivity index (χ2n) is 10.5. The number of halogens is 2. The highest BCUT2D eigenvalue weighted by atomic mass is 19.2. The number of piperidine rings is 1. The molecule has 0 radical (unpaired) electrons. The minimum Gasteiger partial charge on any atom is -0.378 e. The van der Waals surface area contributed by atoms with Gasteiger partial charge in [0, 0.05) is 31.9 Å². The van der Waals surface area contributed by atoms with Crippen molar-refractivity contribution in [3.63, 3.8) is 0 Å². The lowest BCUT2D eigenvalue weighted by atomic mass is 10.0. The Morgan fingerprint density at radius 2 is 1.80 bits per heavy atom. The second-order valence-corrected chi connectivity index (χ2v) is 10.5. The zero-order valence-electron chi connectivity index (χ0n) is 22.4. The third-order valence-electron chi connectivity index (χ3n) is 7.68. The lowest BCUT2D eigenvalue weighted by Crippen LogP contribution is -2.53. The van der Waals surface area contributed by atoms with E-state index in [1.807, 2.05) is 18.2 Å². The Morgan fingerprint density at radius 3 is 2.56 bits per heavy atom. The van der Waals surface area contributed by atoms with E-state index in [9.17, 15) is 18.4 Å². The van der Waals surface area contributed by atoms with Gasteiger partial charge in [-0.1, -0.05) is 12.1 Å². The van der Waals surface area contributed by atoms with Gasteiger partial charge in [-0.05, 0) is 60.4 Å². The van der Waals surface area contributed by atoms with Crippen LogP contribution >= 0.6 is 0 Å². The molecular formula is C30H30F2N6O3. The van der Waals surface area contributed by atoms with Crippen LogP contribution in [0.2, 0.25) is 0 Å². The van der Waals surface area contributed by atoms with Crippen molar-refractivity contribution in [3.8, 4) is 0 Å². The van der Waals surface area contributed by atoms with Gasteiger partial charge in [-0.2, -0.15) is 0 Å². The van der Waals surface area contributed by atoms with Crippen molar-refractivity contribution in [2.24, 2.45) is 0 Å². The first-order valence-electron chi connectivity index (χ1n) is 13.7. The predicted molar refractivity (Wildman–Crippen MR) is 150 cm³/mol. The number of anilines is 1. The summed E-state index contributed by atoms with van der Waals surface area (Å²) in [6, 6.07) is 12.9. The number of fused-ring (bicyclic) bond motifs is 1. The summed E-state index contributed by atoms with van der Waals surface area (Å²) in [5, 5.41) is 6.31. The molecule has 2 saturated heterocycles. The predicted octanol–water partition coefficient (Wildman–Crippen LogP) is 3.32. The highest BCUT2D eigenvalue weighted by Crippen LogP contribution is 2.21. The fraction of sp³-hybridized carbons (Fsp3) is 0.333. The number of amides is 1. The van der Waals surface area contributed by atoms with Gasteiger partial charge in [0.1, 0.15) is 11.4 Å². The molecule has 41 heavy (non-hydrogen) atoms. The van der Waals surface area contributed by atoms with E-state index < -0.39 is 23.1 Å². The zero-order valence-corrected chi connectivity index (χ0v) is 22.4. The monoisotopic (exact) mass is 560 g/mol. The minimum absolute atomic E-state index is 0.00541. The molecule has 4 heterocycles. The molecule has 0 bridgehead atoms. The standard InChI is InChI=1S/C30H30F2N6O3/c31-24-5-3-20(12-25(24)32)16-38-9-1-2-23(30(38)40)29(39)34-14-19-4-6-26-27(13-19)36-28(15-33-26)35-21-7-10-37(11-8-21)22-17-41-18-22/h1-6,9,12-13,15,21-22H,7-8,10-11,14,16-18H2,(H,34,39)(H,35,36). The van der Waals surface area contributed by atoms with E-state index in [0.717, 1.165) is 68.2 Å². The van der Waals surface area contributed by atoms with Crippen LogP contribution in [0.15, 0.2) is 65.7 Å². The first kappa shape index (κ1) is 27.0. The van der Waals surface area contributed by atoms with Crippen molar-refractivity contribution in [1.82, 2.24) is 24.8 Å². The molecule has 2 aliphatic heterocycles. The summed E-state index contributed by atoms with van der Waals surface area (Å²) >= 11 is 0. The van der Waals surface area contributed by atoms with E-state index in [1.54, 1.807) is 12.3 Å². The Kier molecular flexibility index (Phi) is 7.71. The largest absolute Gasteiger partial charge is 0.378 e. The molecule has 1 amide bonds. The number of likely N-dealkylation sites (tertiary alicyclic amines) is 1. The van der Waals surface area contributed by atoms with Gasteiger partial charge < -0.3 is 19.9 Å². The third-order valence-corrected chi connectivity index (χ3v) is 7.68. The summed E-state index contributed by atoms with van der Waals surface area (Å²) < 4.78 is 33.4. The molecule has 2 aromatic carbocycles. The van der Waals surface area contributed by atoms with Crippen LogP contribution in [0.3, 0.4) is 0 Å². The number of aromatic nitrogens is 3. The first-order chi connectivity index (χ1) is 19.9. The molecule has 0 saturated carbocycles. The van der Waals surface area contributed by atoms with E-state index in [0.29, 0.717) is 23.2 Å². The van der Waals surface area contributed by atoms with E-state index in [4.69, 9.17) is 9.72 Å². The fourth-order valence-corrected chi connectivity index (χ4v) is 5.24. The Balaban J connectivity index is 1.08. The molecule has 2 N–H and O–H groups in total. The number of pyridine rings is 1. The van der Waals surface area contributed by atoms with Crippen LogP contribution in [-0.2, 0) is 17.8 Å². The summed E-state index contributed by atoms with van der Waals surface area (Å²) in [5.74, 6) is -1.77. The zero-order chi connectivity index (χ0) is 28.3. The lowest BCUT2D eigenvalue weighted by molar-refractivity contribution is -0.0705. The molecule has 2 fully saturated rings. The highest BCUT2D eigenvalue weighted by Gasteiger charge is 2.29. The number of benzene rings is 2. The van der Waals surface area contributed by atoms with E-state index in [1.165, 1.54) is 22.9 Å². The van der Waals surface area contributed by atoms with Crippen LogP contribution in [0.25, 0.3) is 11.0 Å². The number of carbonyl (C=O) groups is 1. The van der Waals surface area contributed by atoms with Crippen molar-refractivity contribution in [1.29, 1.82) is 0 Å². The maximum absolute atomic E-state index is 13.6. The van der Waals surface area contributed by atoms with Gasteiger partial charge in [-0.3, -0.25) is 19.5 Å². The molecular weight excluding hydrogens is 530 g/mol. The van der Waals surface area contributed by atoms with Gasteiger partial charge in [0.05, 0.1) is 43.0 Å². The molecule has 6 rings (SSSR count). The molecule has 212 valence electrons. The van der Waals surface area contributed by atoms with Crippen LogP contribution in [0.4, 0.5) is 14.6 Å². The summed E-state index contributed by atoms with van der Waals surface area (Å²) in [5.41, 5.74) is 2.10. The van der Waals surface area contributed by atoms with Crippen LogP contribution in [-0.4, -0.2) is 63.7 Å². The molecule has 11 heteroatoms. The average molecular weight is 561 g/mol. The average Bonchev–Trinajstić information content (AvgIpc) is 2.95. The summed E-state index contributed by atoms with van der Waals surface area (Å²) in [6.07, 6.45) is 5.31. The van der Waals surface area contributed by atoms with Gasteiger partial charge in [0.15, 0.2) is 11.6 Å². The van der Waals surface area contributed by atoms with Crippen LogP contribution in [0, 0.1) is 11.6 Å². The maximum Gasteiger partial charge on any atom is 0.263 e. The Morgan fingerprint density at radius 1 is 1.00 bits per heavy atom. The smallest absolute Gasteiger partial charge is 0.263 e. The number of hydrogen-bond donors (Lipinski definition) is 2. The third kappa shape index (κ3) is 6.10. The number of rotatable bonds is 8. The molecule has 2 aromatic heterocycles. The normalized spacial score (nSPS) is 16.4. The summed E-state index contributed by atoms with van der Waals surface area (Å²) in [7, 11) is 0. The number of ether oxygens (including phenoxy) is 1. The van der Waals surface area contributed by atoms with Crippen LogP contribution in [0.5, 0.6) is 0 Å². The Labute approximate surface area is 235 Å². The maximum atomic E-state index is 13.6. The van der Waals surface area contributed by atoms with Gasteiger partial charge in [0.2, 0.25) is 0 Å². The number of nitrogens with zero attached hydrogens (tertiary/aromatic N) is 4. The SMILES string of the molecule is O=C(NCc1ccc2ncc(NC3CCN(C4COC4)CC3)nc2c1)c1cccn(Cc2ccc(F)c(F)c2)c1=O. The van der Waals surface area contributed by atoms with Gasteiger partial charge in [-0.25, -0.2) is 13.8 Å². The molecule has 0 aliphatic carbocycles. The molecule has 0 spiro atoms. The van der Waals surface area contributed by atoms with Gasteiger partial charge in [-0.15, -0.1) is 0 Å². The molecule has 2 aliphatic rings. The molecule has 9 nitrogen and oxygen atoms in total. The van der Waals surface area contributed by atoms with Crippen molar-refractivity contribution in [2.45, 2.75) is 38.0 Å². The summed E-state index contributed by atoms with van der Waals surface area (Å²) in [4.78, 5) is 37.6. The topological polar surface area (TPSA) is 101 Å². The highest BCUT2D eigenvalue weighted by molar-refractivity contribution is 5.93. The lowest BCUT2D eigenvalue weighted by Gasteiger charge is -2.41. The number of hydrogen-bond acceptors (Lipinski definition) is 7. The minimum atomic E-state index is -0.993. The quantitative estimate of drug-likeness (QED) is 0.341. The Hall–Kier alpha value is -4.22. The van der Waals surface area contributed by atoms with Gasteiger partial charge >= 0.3 is 0 Å². The van der Waals surface area contributed by atoms with Crippen molar-refractivity contribution < 1.29 is 18.3 Å². The van der Waals surface area contributed by atoms with Crippen molar-refractivity contribution in [2.75, 3.05) is 31.6 Å². The van der Waals surface area contributed by atoms with Crippen molar-refractivity contribution in [3.05, 3.63) is 99.6 Å². The number of carbonyl (C=O) groups excluding carboxylic acids is 1. The van der Waals surface area contributed by atoms with Crippen molar-refractivity contribution >= 4 is 22.8 Å². The molecule has 0 unspecified atom stereocenters. The first-order valence-corrected chi connectivity index (χ1v) is 13.7. The van der Waals surface area contributed by atoms with E-state index in [-0.39, 0.29) is 18.7 Å². The van der Waals surface area contributed by atoms with Crippen LogP contribution in [0.1, 0.15) is 34.3 Å². The van der Waals surface area contributed by atoms with Gasteiger partial charge in [0.25, 0.3) is 11.5 Å². The second kappa shape index (κ2) is 11.7.